The van der Waals surface area contributed by atoms with Gasteiger partial charge < -0.3 is 20.5 Å². The van der Waals surface area contributed by atoms with E-state index in [9.17, 15) is 19.5 Å². The van der Waals surface area contributed by atoms with Crippen LogP contribution in [0.3, 0.4) is 0 Å². The van der Waals surface area contributed by atoms with E-state index in [1.807, 2.05) is 6.92 Å². The molecule has 8 heteroatoms. The number of carboxylic acids is 1. The number of ether oxygens (including phenoxy) is 1. The monoisotopic (exact) mass is 349 g/mol. The summed E-state index contributed by atoms with van der Waals surface area (Å²) >= 11 is 0. The summed E-state index contributed by atoms with van der Waals surface area (Å²) in [6, 6.07) is 4.40. The van der Waals surface area contributed by atoms with Crippen LogP contribution in [0.25, 0.3) is 0 Å². The second-order valence-corrected chi connectivity index (χ2v) is 6.11. The highest BCUT2D eigenvalue weighted by molar-refractivity contribution is 6.01. The van der Waals surface area contributed by atoms with Crippen molar-refractivity contribution in [3.05, 3.63) is 23.8 Å². The lowest BCUT2D eigenvalue weighted by Crippen LogP contribution is -2.52. The van der Waals surface area contributed by atoms with Crippen LogP contribution in [0.2, 0.25) is 0 Å². The van der Waals surface area contributed by atoms with Gasteiger partial charge in [0.15, 0.2) is 0 Å². The molecule has 1 aliphatic rings. The van der Waals surface area contributed by atoms with Crippen molar-refractivity contribution in [2.24, 2.45) is 0 Å². The Morgan fingerprint density at radius 1 is 1.44 bits per heavy atom. The van der Waals surface area contributed by atoms with Gasteiger partial charge in [-0.15, -0.1) is 0 Å². The molecule has 0 radical (unpaired) electrons. The van der Waals surface area contributed by atoms with Crippen molar-refractivity contribution >= 4 is 23.6 Å². The molecular weight excluding hydrogens is 326 g/mol. The van der Waals surface area contributed by atoms with Crippen LogP contribution >= 0.6 is 0 Å². The van der Waals surface area contributed by atoms with Gasteiger partial charge in [-0.1, -0.05) is 13.3 Å². The second-order valence-electron chi connectivity index (χ2n) is 6.11. The number of nitrogens with one attached hydrogen (secondary N) is 2. The van der Waals surface area contributed by atoms with Crippen LogP contribution in [0.4, 0.5) is 10.5 Å². The molecule has 1 aromatic rings. The molecule has 3 N–H and O–H groups in total. The lowest BCUT2D eigenvalue weighted by molar-refractivity contribution is -0.144. The number of hydrogen-bond donors (Lipinski definition) is 3. The molecule has 0 spiro atoms. The normalized spacial score (nSPS) is 16.1. The summed E-state index contributed by atoms with van der Waals surface area (Å²) in [5.74, 6) is -1.14. The van der Waals surface area contributed by atoms with Gasteiger partial charge in [0, 0.05) is 18.7 Å². The quantitative estimate of drug-likeness (QED) is 0.693. The number of carboxylic acid groups (broad SMARTS) is 1. The van der Waals surface area contributed by atoms with Crippen LogP contribution in [0.1, 0.15) is 37.0 Å². The highest BCUT2D eigenvalue weighted by Crippen LogP contribution is 2.30. The fourth-order valence-electron chi connectivity index (χ4n) is 2.79. The number of nitrogens with zero attached hydrogens (tertiary/aromatic N) is 1. The number of benzene rings is 1. The zero-order chi connectivity index (χ0) is 18.6. The first-order valence-electron chi connectivity index (χ1n) is 8.11. The van der Waals surface area contributed by atoms with E-state index < -0.39 is 17.4 Å². The fourth-order valence-corrected chi connectivity index (χ4v) is 2.79. The Labute approximate surface area is 146 Å². The number of urea groups is 1. The van der Waals surface area contributed by atoms with Crippen LogP contribution in [-0.2, 0) is 4.79 Å². The SMILES string of the molecule is CCCC(C)(NC(=O)c1ccc(OC)c(N2CCNC2=O)c1)C(=O)O. The highest BCUT2D eigenvalue weighted by atomic mass is 16.5. The van der Waals surface area contributed by atoms with E-state index >= 15 is 0 Å². The van der Waals surface area contributed by atoms with E-state index in [2.05, 4.69) is 10.6 Å². The molecule has 1 aromatic carbocycles. The Kier molecular flexibility index (Phi) is 5.51. The average molecular weight is 349 g/mol. The third-order valence-electron chi connectivity index (χ3n) is 4.20. The Balaban J connectivity index is 2.31. The number of amides is 3. The number of hydrogen-bond acceptors (Lipinski definition) is 4. The molecule has 136 valence electrons. The summed E-state index contributed by atoms with van der Waals surface area (Å²) in [5, 5.41) is 14.7. The Hall–Kier alpha value is -2.77. The molecule has 25 heavy (non-hydrogen) atoms. The van der Waals surface area contributed by atoms with E-state index in [-0.39, 0.29) is 11.6 Å². The smallest absolute Gasteiger partial charge is 0.329 e. The predicted octanol–water partition coefficient (Wildman–Crippen LogP) is 1.60. The lowest BCUT2D eigenvalue weighted by atomic mass is 9.95. The summed E-state index contributed by atoms with van der Waals surface area (Å²) in [4.78, 5) is 37.4. The van der Waals surface area contributed by atoms with Gasteiger partial charge in [-0.3, -0.25) is 9.69 Å². The van der Waals surface area contributed by atoms with Gasteiger partial charge in [-0.2, -0.15) is 0 Å². The second kappa shape index (κ2) is 7.42. The van der Waals surface area contributed by atoms with E-state index in [0.29, 0.717) is 37.4 Å². The Bertz CT molecular complexity index is 691. The van der Waals surface area contributed by atoms with Crippen molar-refractivity contribution in [3.63, 3.8) is 0 Å². The molecule has 1 unspecified atom stereocenters. The molecule has 0 bridgehead atoms. The topological polar surface area (TPSA) is 108 Å². The maximum atomic E-state index is 12.6. The summed E-state index contributed by atoms with van der Waals surface area (Å²) in [7, 11) is 1.48. The third kappa shape index (κ3) is 3.84. The summed E-state index contributed by atoms with van der Waals surface area (Å²) in [6.07, 6.45) is 0.927. The zero-order valence-electron chi connectivity index (χ0n) is 14.6. The number of aliphatic carboxylic acids is 1. The van der Waals surface area contributed by atoms with Crippen molar-refractivity contribution < 1.29 is 24.2 Å². The van der Waals surface area contributed by atoms with E-state index in [1.165, 1.54) is 25.0 Å². The summed E-state index contributed by atoms with van der Waals surface area (Å²) in [5.41, 5.74) is -0.617. The molecule has 1 atom stereocenters. The van der Waals surface area contributed by atoms with Crippen molar-refractivity contribution in [1.29, 1.82) is 0 Å². The number of carbonyl (C=O) groups excluding carboxylic acids is 2. The Morgan fingerprint density at radius 3 is 2.68 bits per heavy atom. The third-order valence-corrected chi connectivity index (χ3v) is 4.20. The van der Waals surface area contributed by atoms with Gasteiger partial charge in [-0.05, 0) is 31.5 Å². The van der Waals surface area contributed by atoms with Crippen molar-refractivity contribution in [1.82, 2.24) is 10.6 Å². The van der Waals surface area contributed by atoms with E-state index in [0.717, 1.165) is 0 Å². The van der Waals surface area contributed by atoms with Crippen LogP contribution in [0.5, 0.6) is 5.75 Å². The molecule has 1 fully saturated rings. The molecule has 0 aromatic heterocycles. The molecule has 1 aliphatic heterocycles. The molecule has 1 saturated heterocycles. The number of anilines is 1. The van der Waals surface area contributed by atoms with Crippen molar-refractivity contribution in [3.8, 4) is 5.75 Å². The summed E-state index contributed by atoms with van der Waals surface area (Å²) in [6.45, 7) is 4.30. The first-order valence-corrected chi connectivity index (χ1v) is 8.11. The van der Waals surface area contributed by atoms with Crippen LogP contribution < -0.4 is 20.3 Å². The molecule has 0 aliphatic carbocycles. The average Bonchev–Trinajstić information content (AvgIpc) is 3.00. The van der Waals surface area contributed by atoms with Crippen molar-refractivity contribution in [2.75, 3.05) is 25.1 Å². The lowest BCUT2D eigenvalue weighted by Gasteiger charge is -2.26. The molecule has 2 rings (SSSR count). The maximum absolute atomic E-state index is 12.6. The van der Waals surface area contributed by atoms with Gasteiger partial charge in [0.25, 0.3) is 5.91 Å². The number of carbonyl (C=O) groups is 3. The van der Waals surface area contributed by atoms with Gasteiger partial charge in [0.1, 0.15) is 11.3 Å². The zero-order valence-corrected chi connectivity index (χ0v) is 14.6. The molecule has 0 saturated carbocycles. The highest BCUT2D eigenvalue weighted by Gasteiger charge is 2.34. The molecule has 3 amide bonds. The summed E-state index contributed by atoms with van der Waals surface area (Å²) < 4.78 is 5.27. The molecule has 1 heterocycles. The minimum absolute atomic E-state index is 0.263. The van der Waals surface area contributed by atoms with Crippen LogP contribution in [0, 0.1) is 0 Å². The van der Waals surface area contributed by atoms with E-state index in [4.69, 9.17) is 4.74 Å². The largest absolute Gasteiger partial charge is 0.495 e. The predicted molar refractivity (Wildman–Crippen MR) is 92.2 cm³/mol. The number of methoxy groups -OCH3 is 1. The van der Waals surface area contributed by atoms with Gasteiger partial charge in [0.05, 0.1) is 12.8 Å². The van der Waals surface area contributed by atoms with Crippen LogP contribution in [-0.4, -0.2) is 48.8 Å². The van der Waals surface area contributed by atoms with Gasteiger partial charge in [0.2, 0.25) is 0 Å². The van der Waals surface area contributed by atoms with Gasteiger partial charge >= 0.3 is 12.0 Å². The Morgan fingerprint density at radius 2 is 2.16 bits per heavy atom. The minimum Gasteiger partial charge on any atom is -0.495 e. The van der Waals surface area contributed by atoms with Gasteiger partial charge in [-0.25, -0.2) is 9.59 Å². The number of rotatable bonds is 7. The minimum atomic E-state index is -1.35. The standard InChI is InChI=1S/C17H23N3O5/c1-4-7-17(2,15(22)23)19-14(21)11-5-6-13(25-3)12(10-11)20-9-8-18-16(20)24/h5-6,10H,4,7-9H2,1-3H3,(H,18,24)(H,19,21)(H,22,23). The fraction of sp³-hybridized carbons (Fsp3) is 0.471. The van der Waals surface area contributed by atoms with E-state index in [1.54, 1.807) is 12.1 Å². The van der Waals surface area contributed by atoms with Crippen molar-refractivity contribution in [2.45, 2.75) is 32.2 Å². The maximum Gasteiger partial charge on any atom is 0.329 e. The van der Waals surface area contributed by atoms with Crippen LogP contribution in [0.15, 0.2) is 18.2 Å². The first-order chi connectivity index (χ1) is 11.8. The molecular formula is C17H23N3O5. The first kappa shape index (κ1) is 18.6. The molecule has 8 nitrogen and oxygen atoms in total.